The van der Waals surface area contributed by atoms with Crippen LogP contribution < -0.4 is 0 Å². The van der Waals surface area contributed by atoms with Crippen LogP contribution in [0.2, 0.25) is 0 Å². The van der Waals surface area contributed by atoms with Crippen LogP contribution in [0.15, 0.2) is 45.8 Å². The molecular weight excluding hydrogens is 366 g/mol. The molecule has 0 N–H and O–H groups in total. The molecule has 0 radical (unpaired) electrons. The molecule has 112 valence electrons. The van der Waals surface area contributed by atoms with Gasteiger partial charge in [-0.15, -0.1) is 0 Å². The van der Waals surface area contributed by atoms with E-state index in [9.17, 15) is 17.2 Å². The molecule has 0 bridgehead atoms. The third-order valence-corrected chi connectivity index (χ3v) is 4.51. The van der Waals surface area contributed by atoms with Crippen molar-refractivity contribution in [3.05, 3.63) is 63.6 Å². The van der Waals surface area contributed by atoms with E-state index in [2.05, 4.69) is 15.9 Å². The van der Waals surface area contributed by atoms with Crippen LogP contribution in [0, 0.1) is 18.6 Å². The van der Waals surface area contributed by atoms with Crippen molar-refractivity contribution >= 4 is 26.0 Å². The first-order valence-corrected chi connectivity index (χ1v) is 8.09. The van der Waals surface area contributed by atoms with Gasteiger partial charge in [-0.1, -0.05) is 33.6 Å². The molecule has 0 aliphatic carbocycles. The van der Waals surface area contributed by atoms with Gasteiger partial charge in [-0.3, -0.25) is 4.18 Å². The Hall–Kier alpha value is -1.31. The number of halogens is 3. The fourth-order valence-corrected chi connectivity index (χ4v) is 2.90. The standard InChI is InChI=1S/C14H11BrF2O3S/c1-9-2-4-11(5-3-9)21(18,19)20-8-12-13(16)6-10(15)7-14(12)17/h2-7H,8H2,1H3. The molecule has 0 fully saturated rings. The Labute approximate surface area is 129 Å². The highest BCUT2D eigenvalue weighted by atomic mass is 79.9. The topological polar surface area (TPSA) is 43.4 Å². The van der Waals surface area contributed by atoms with E-state index in [0.29, 0.717) is 0 Å². The van der Waals surface area contributed by atoms with Gasteiger partial charge in [0.25, 0.3) is 10.1 Å². The largest absolute Gasteiger partial charge is 0.297 e. The molecule has 2 aromatic rings. The number of rotatable bonds is 4. The zero-order valence-electron chi connectivity index (χ0n) is 10.9. The summed E-state index contributed by atoms with van der Waals surface area (Å²) in [5, 5.41) is 0. The maximum Gasteiger partial charge on any atom is 0.297 e. The molecule has 0 aromatic heterocycles. The van der Waals surface area contributed by atoms with Crippen LogP contribution in [0.25, 0.3) is 0 Å². The minimum atomic E-state index is -4.06. The van der Waals surface area contributed by atoms with Crippen LogP contribution in [0.3, 0.4) is 0 Å². The zero-order chi connectivity index (χ0) is 15.6. The third kappa shape index (κ3) is 3.87. The lowest BCUT2D eigenvalue weighted by atomic mass is 10.2. The van der Waals surface area contributed by atoms with E-state index in [-0.39, 0.29) is 9.37 Å². The van der Waals surface area contributed by atoms with Gasteiger partial charge < -0.3 is 0 Å². The summed E-state index contributed by atoms with van der Waals surface area (Å²) >= 11 is 2.94. The van der Waals surface area contributed by atoms with E-state index in [4.69, 9.17) is 4.18 Å². The Morgan fingerprint density at radius 3 is 2.14 bits per heavy atom. The van der Waals surface area contributed by atoms with Gasteiger partial charge in [-0.2, -0.15) is 8.42 Å². The Balaban J connectivity index is 2.21. The monoisotopic (exact) mass is 376 g/mol. The smallest absolute Gasteiger partial charge is 0.261 e. The summed E-state index contributed by atoms with van der Waals surface area (Å²) in [5.74, 6) is -1.75. The van der Waals surface area contributed by atoms with E-state index >= 15 is 0 Å². The van der Waals surface area contributed by atoms with Crippen molar-refractivity contribution in [3.63, 3.8) is 0 Å². The highest BCUT2D eigenvalue weighted by Crippen LogP contribution is 2.22. The molecule has 0 aliphatic rings. The third-order valence-electron chi connectivity index (χ3n) is 2.77. The van der Waals surface area contributed by atoms with Crippen molar-refractivity contribution < 1.29 is 21.4 Å². The summed E-state index contributed by atoms with van der Waals surface area (Å²) in [4.78, 5) is -0.0639. The van der Waals surface area contributed by atoms with Gasteiger partial charge in [0.2, 0.25) is 0 Å². The molecule has 0 saturated carbocycles. The molecule has 7 heteroatoms. The predicted molar refractivity (Wildman–Crippen MR) is 77.2 cm³/mol. The molecule has 2 aromatic carbocycles. The molecule has 3 nitrogen and oxygen atoms in total. The number of hydrogen-bond donors (Lipinski definition) is 0. The van der Waals surface area contributed by atoms with Crippen LogP contribution in [-0.4, -0.2) is 8.42 Å². The van der Waals surface area contributed by atoms with Crippen LogP contribution in [0.4, 0.5) is 8.78 Å². The van der Waals surface area contributed by atoms with Crippen molar-refractivity contribution in [1.29, 1.82) is 0 Å². The summed E-state index contributed by atoms with van der Waals surface area (Å²) in [5.41, 5.74) is 0.452. The lowest BCUT2D eigenvalue weighted by molar-refractivity contribution is 0.295. The highest BCUT2D eigenvalue weighted by molar-refractivity contribution is 9.10. The minimum Gasteiger partial charge on any atom is -0.261 e. The van der Waals surface area contributed by atoms with Crippen LogP contribution >= 0.6 is 15.9 Å². The lowest BCUT2D eigenvalue weighted by Crippen LogP contribution is -2.08. The van der Waals surface area contributed by atoms with Gasteiger partial charge in [0, 0.05) is 4.47 Å². The van der Waals surface area contributed by atoms with Gasteiger partial charge in [-0.25, -0.2) is 8.78 Å². The van der Waals surface area contributed by atoms with E-state index in [1.54, 1.807) is 12.1 Å². The van der Waals surface area contributed by atoms with Crippen molar-refractivity contribution in [3.8, 4) is 0 Å². The second-order valence-corrected chi connectivity index (χ2v) is 6.91. The number of benzene rings is 2. The van der Waals surface area contributed by atoms with E-state index in [1.807, 2.05) is 6.92 Å². The summed E-state index contributed by atoms with van der Waals surface area (Å²) in [7, 11) is -4.06. The first kappa shape index (κ1) is 16.1. The highest BCUT2D eigenvalue weighted by Gasteiger charge is 2.18. The van der Waals surface area contributed by atoms with E-state index in [1.165, 1.54) is 12.1 Å². The first-order chi connectivity index (χ1) is 9.79. The minimum absolute atomic E-state index is 0.0639. The predicted octanol–water partition coefficient (Wildman–Crippen LogP) is 3.94. The van der Waals surface area contributed by atoms with Gasteiger partial charge in [0.05, 0.1) is 17.1 Å². The Morgan fingerprint density at radius 1 is 1.10 bits per heavy atom. The fraction of sp³-hybridized carbons (Fsp3) is 0.143. The molecule has 2 rings (SSSR count). The van der Waals surface area contributed by atoms with E-state index < -0.39 is 33.9 Å². The fourth-order valence-electron chi connectivity index (χ4n) is 1.62. The summed E-state index contributed by atoms with van der Waals surface area (Å²) in [6.07, 6.45) is 0. The second kappa shape index (κ2) is 6.21. The molecule has 0 spiro atoms. The van der Waals surface area contributed by atoms with Crippen molar-refractivity contribution in [2.45, 2.75) is 18.4 Å². The van der Waals surface area contributed by atoms with E-state index in [0.717, 1.165) is 17.7 Å². The average Bonchev–Trinajstić information content (AvgIpc) is 2.37. The lowest BCUT2D eigenvalue weighted by Gasteiger charge is -2.08. The van der Waals surface area contributed by atoms with Crippen molar-refractivity contribution in [1.82, 2.24) is 0 Å². The molecule has 0 unspecified atom stereocenters. The quantitative estimate of drug-likeness (QED) is 0.759. The number of hydrogen-bond acceptors (Lipinski definition) is 3. The molecule has 0 aliphatic heterocycles. The molecular formula is C14H11BrF2O3S. The van der Waals surface area contributed by atoms with Gasteiger partial charge >= 0.3 is 0 Å². The maximum atomic E-state index is 13.6. The average molecular weight is 377 g/mol. The molecule has 0 heterocycles. The van der Waals surface area contributed by atoms with Crippen molar-refractivity contribution in [2.24, 2.45) is 0 Å². The molecule has 21 heavy (non-hydrogen) atoms. The number of aryl methyl sites for hydroxylation is 1. The van der Waals surface area contributed by atoms with Crippen molar-refractivity contribution in [2.75, 3.05) is 0 Å². The SMILES string of the molecule is Cc1ccc(S(=O)(=O)OCc2c(F)cc(Br)cc2F)cc1. The maximum absolute atomic E-state index is 13.6. The Kier molecular flexibility index (Phi) is 4.75. The van der Waals surface area contributed by atoms with Crippen LogP contribution in [0.5, 0.6) is 0 Å². The Morgan fingerprint density at radius 2 is 1.62 bits per heavy atom. The molecule has 0 amide bonds. The first-order valence-electron chi connectivity index (χ1n) is 5.89. The zero-order valence-corrected chi connectivity index (χ0v) is 13.3. The summed E-state index contributed by atoms with van der Waals surface area (Å²) < 4.78 is 56.0. The molecule has 0 atom stereocenters. The van der Waals surface area contributed by atoms with Gasteiger partial charge in [0.1, 0.15) is 11.6 Å². The summed E-state index contributed by atoms with van der Waals surface area (Å²) in [6.45, 7) is 1.10. The normalized spacial score (nSPS) is 11.6. The molecule has 0 saturated heterocycles. The summed E-state index contributed by atoms with van der Waals surface area (Å²) in [6, 6.07) is 8.05. The van der Waals surface area contributed by atoms with Crippen LogP contribution in [0.1, 0.15) is 11.1 Å². The Bertz CT molecular complexity index is 735. The van der Waals surface area contributed by atoms with Gasteiger partial charge in [0.15, 0.2) is 0 Å². The van der Waals surface area contributed by atoms with Gasteiger partial charge in [-0.05, 0) is 31.2 Å². The van der Waals surface area contributed by atoms with Crippen LogP contribution in [-0.2, 0) is 20.9 Å². The second-order valence-electron chi connectivity index (χ2n) is 4.38.